The van der Waals surface area contributed by atoms with E-state index in [4.69, 9.17) is 16.3 Å². The predicted molar refractivity (Wildman–Crippen MR) is 118 cm³/mol. The highest BCUT2D eigenvalue weighted by Gasteiger charge is 2.18. The lowest BCUT2D eigenvalue weighted by Gasteiger charge is -2.07. The summed E-state index contributed by atoms with van der Waals surface area (Å²) in [6.07, 6.45) is 0. The Kier molecular flexibility index (Phi) is 7.39. The van der Waals surface area contributed by atoms with E-state index in [9.17, 15) is 19.7 Å². The minimum atomic E-state index is -0.607. The topological polar surface area (TPSA) is 136 Å². The fourth-order valence-electron chi connectivity index (χ4n) is 2.34. The van der Waals surface area contributed by atoms with Crippen molar-refractivity contribution in [3.8, 4) is 5.75 Å². The van der Waals surface area contributed by atoms with Crippen LogP contribution in [0, 0.1) is 10.1 Å². The predicted octanol–water partition coefficient (Wildman–Crippen LogP) is 4.09. The van der Waals surface area contributed by atoms with Crippen LogP contribution in [0.15, 0.2) is 46.8 Å². The number of thioether (sulfide) groups is 1. The van der Waals surface area contributed by atoms with E-state index in [1.807, 2.05) is 0 Å². The first kappa shape index (κ1) is 22.5. The van der Waals surface area contributed by atoms with Crippen molar-refractivity contribution in [2.75, 3.05) is 23.5 Å². The molecule has 0 unspecified atom stereocenters. The third kappa shape index (κ3) is 5.90. The molecular formula is C18H14ClN5O5S2. The highest BCUT2D eigenvalue weighted by Crippen LogP contribution is 2.30. The molecule has 2 N–H and O–H groups in total. The Bertz CT molecular complexity index is 1140. The average Bonchev–Trinajstić information content (AvgIpc) is 3.20. The molecule has 2 aromatic carbocycles. The molecule has 160 valence electrons. The Labute approximate surface area is 189 Å². The summed E-state index contributed by atoms with van der Waals surface area (Å²) in [5.74, 6) is -0.645. The molecule has 0 aliphatic heterocycles. The number of nitrogens with one attached hydrogen (secondary N) is 2. The van der Waals surface area contributed by atoms with E-state index >= 15 is 0 Å². The second-order valence-electron chi connectivity index (χ2n) is 5.78. The molecule has 0 fully saturated rings. The maximum absolute atomic E-state index is 12.3. The minimum absolute atomic E-state index is 0.0568. The number of nitrogens with zero attached hydrogens (tertiary/aromatic N) is 3. The van der Waals surface area contributed by atoms with Crippen molar-refractivity contribution in [2.45, 2.75) is 4.34 Å². The largest absolute Gasteiger partial charge is 0.496 e. The molecule has 0 spiro atoms. The SMILES string of the molecule is COc1ccc(NC(=O)CSc2nnc(NC(=O)c3ccccc3Cl)s2)c([N+](=O)[O-])c1. The molecule has 10 nitrogen and oxygen atoms in total. The zero-order valence-electron chi connectivity index (χ0n) is 15.8. The van der Waals surface area contributed by atoms with Crippen LogP contribution in [0.2, 0.25) is 5.02 Å². The van der Waals surface area contributed by atoms with Gasteiger partial charge in [0.25, 0.3) is 11.6 Å². The summed E-state index contributed by atoms with van der Waals surface area (Å²) in [5.41, 5.74) is 0.0774. The second-order valence-corrected chi connectivity index (χ2v) is 8.39. The lowest BCUT2D eigenvalue weighted by atomic mass is 10.2. The molecular weight excluding hydrogens is 466 g/mol. The second kappa shape index (κ2) is 10.2. The number of ether oxygens (including phenoxy) is 1. The number of nitro groups is 1. The Morgan fingerprint density at radius 3 is 2.71 bits per heavy atom. The smallest absolute Gasteiger partial charge is 0.296 e. The van der Waals surface area contributed by atoms with E-state index in [2.05, 4.69) is 20.8 Å². The molecule has 31 heavy (non-hydrogen) atoms. The maximum atomic E-state index is 12.3. The first-order valence-corrected chi connectivity index (χ1v) is 10.7. The molecule has 1 aromatic heterocycles. The number of anilines is 2. The molecule has 1 heterocycles. The van der Waals surface area contributed by atoms with Crippen LogP contribution in [0.5, 0.6) is 5.75 Å². The van der Waals surface area contributed by atoms with Crippen molar-refractivity contribution in [3.05, 3.63) is 63.2 Å². The molecule has 0 saturated heterocycles. The monoisotopic (exact) mass is 479 g/mol. The third-order valence-electron chi connectivity index (χ3n) is 3.75. The summed E-state index contributed by atoms with van der Waals surface area (Å²) in [4.78, 5) is 35.1. The molecule has 2 amide bonds. The zero-order valence-corrected chi connectivity index (χ0v) is 18.2. The molecule has 0 aliphatic carbocycles. The lowest BCUT2D eigenvalue weighted by Crippen LogP contribution is -2.15. The van der Waals surface area contributed by atoms with Crippen LogP contribution in [-0.4, -0.2) is 39.8 Å². The van der Waals surface area contributed by atoms with Gasteiger partial charge in [-0.2, -0.15) is 0 Å². The number of methoxy groups -OCH3 is 1. The van der Waals surface area contributed by atoms with Crippen molar-refractivity contribution >= 4 is 63.0 Å². The van der Waals surface area contributed by atoms with Crippen molar-refractivity contribution in [1.29, 1.82) is 0 Å². The minimum Gasteiger partial charge on any atom is -0.496 e. The number of aromatic nitrogens is 2. The molecule has 0 atom stereocenters. The summed E-state index contributed by atoms with van der Waals surface area (Å²) < 4.78 is 5.40. The summed E-state index contributed by atoms with van der Waals surface area (Å²) in [6, 6.07) is 10.7. The molecule has 0 radical (unpaired) electrons. The van der Waals surface area contributed by atoms with E-state index in [0.29, 0.717) is 20.7 Å². The van der Waals surface area contributed by atoms with Crippen molar-refractivity contribution < 1.29 is 19.2 Å². The van der Waals surface area contributed by atoms with Gasteiger partial charge in [0.1, 0.15) is 11.4 Å². The van der Waals surface area contributed by atoms with Crippen molar-refractivity contribution in [3.63, 3.8) is 0 Å². The van der Waals surface area contributed by atoms with Gasteiger partial charge in [0, 0.05) is 0 Å². The van der Waals surface area contributed by atoms with Gasteiger partial charge in [-0.1, -0.05) is 46.8 Å². The first-order valence-electron chi connectivity index (χ1n) is 8.52. The fourth-order valence-corrected chi connectivity index (χ4v) is 4.11. The molecule has 3 aromatic rings. The van der Waals surface area contributed by atoms with Crippen molar-refractivity contribution in [2.24, 2.45) is 0 Å². The molecule has 3 rings (SSSR count). The van der Waals surface area contributed by atoms with Crippen molar-refractivity contribution in [1.82, 2.24) is 10.2 Å². The number of halogens is 1. The van der Waals surface area contributed by atoms with Crippen LogP contribution < -0.4 is 15.4 Å². The third-order valence-corrected chi connectivity index (χ3v) is 6.05. The Morgan fingerprint density at radius 1 is 1.23 bits per heavy atom. The van der Waals surface area contributed by atoms with Gasteiger partial charge in [0.15, 0.2) is 4.34 Å². The first-order chi connectivity index (χ1) is 14.9. The van der Waals surface area contributed by atoms with Gasteiger partial charge < -0.3 is 10.1 Å². The number of carbonyl (C=O) groups excluding carboxylic acids is 2. The maximum Gasteiger partial charge on any atom is 0.296 e. The number of benzene rings is 2. The molecule has 13 heteroatoms. The highest BCUT2D eigenvalue weighted by molar-refractivity contribution is 8.01. The van der Waals surface area contributed by atoms with E-state index in [1.54, 1.807) is 24.3 Å². The summed E-state index contributed by atoms with van der Waals surface area (Å²) in [6.45, 7) is 0. The van der Waals surface area contributed by atoms with Gasteiger partial charge >= 0.3 is 0 Å². The van der Waals surface area contributed by atoms with E-state index in [-0.39, 0.29) is 22.3 Å². The van der Waals surface area contributed by atoms with Crippen LogP contribution >= 0.6 is 34.7 Å². The van der Waals surface area contributed by atoms with E-state index < -0.39 is 16.7 Å². The summed E-state index contributed by atoms with van der Waals surface area (Å²) >= 11 is 8.16. The lowest BCUT2D eigenvalue weighted by molar-refractivity contribution is -0.384. The number of hydrogen-bond donors (Lipinski definition) is 2. The molecule has 0 saturated carbocycles. The number of hydrogen-bond acceptors (Lipinski definition) is 9. The van der Waals surface area contributed by atoms with Crippen LogP contribution in [-0.2, 0) is 4.79 Å². The quantitative estimate of drug-likeness (QED) is 0.213. The molecule has 0 aliphatic rings. The standard InChI is InChI=1S/C18H14ClN5O5S2/c1-29-10-6-7-13(14(8-10)24(27)28)20-15(25)9-30-18-23-22-17(31-18)21-16(26)11-4-2-3-5-12(11)19/h2-8H,9H2,1H3,(H,20,25)(H,21,22,26). The molecule has 0 bridgehead atoms. The Morgan fingerprint density at radius 2 is 2.00 bits per heavy atom. The van der Waals surface area contributed by atoms with Gasteiger partial charge in [0.05, 0.1) is 34.4 Å². The highest BCUT2D eigenvalue weighted by atomic mass is 35.5. The normalized spacial score (nSPS) is 10.4. The van der Waals surface area contributed by atoms with Gasteiger partial charge in [-0.25, -0.2) is 0 Å². The Balaban J connectivity index is 1.57. The van der Waals surface area contributed by atoms with Gasteiger partial charge in [0.2, 0.25) is 11.0 Å². The Hall–Kier alpha value is -3.22. The number of amides is 2. The average molecular weight is 480 g/mol. The van der Waals surface area contributed by atoms with Crippen LogP contribution in [0.4, 0.5) is 16.5 Å². The zero-order chi connectivity index (χ0) is 22.4. The summed E-state index contributed by atoms with van der Waals surface area (Å²) in [7, 11) is 1.39. The van der Waals surface area contributed by atoms with Gasteiger partial charge in [-0.15, -0.1) is 10.2 Å². The number of carbonyl (C=O) groups is 2. The van der Waals surface area contributed by atoms with Crippen LogP contribution in [0.25, 0.3) is 0 Å². The van der Waals surface area contributed by atoms with Crippen LogP contribution in [0.1, 0.15) is 10.4 Å². The number of rotatable bonds is 8. The van der Waals surface area contributed by atoms with E-state index in [1.165, 1.54) is 25.3 Å². The van der Waals surface area contributed by atoms with Gasteiger partial charge in [-0.05, 0) is 24.3 Å². The van der Waals surface area contributed by atoms with Gasteiger partial charge in [-0.3, -0.25) is 25.0 Å². The summed E-state index contributed by atoms with van der Waals surface area (Å²) in [5, 5.41) is 24.6. The fraction of sp³-hybridized carbons (Fsp3) is 0.111. The number of nitro benzene ring substituents is 1. The van der Waals surface area contributed by atoms with Crippen LogP contribution in [0.3, 0.4) is 0 Å². The van der Waals surface area contributed by atoms with E-state index in [0.717, 1.165) is 23.1 Å².